The molecular weight excluding hydrogens is 434 g/mol. The molecule has 10 nitrogen and oxygen atoms in total. The second kappa shape index (κ2) is 8.73. The van der Waals surface area contributed by atoms with E-state index in [1.54, 1.807) is 25.2 Å². The molecule has 2 aliphatic heterocycles. The Morgan fingerprint density at radius 2 is 1.94 bits per heavy atom. The van der Waals surface area contributed by atoms with Crippen molar-refractivity contribution in [2.24, 2.45) is 21.8 Å². The van der Waals surface area contributed by atoms with Gasteiger partial charge in [-0.25, -0.2) is 9.79 Å². The van der Waals surface area contributed by atoms with Gasteiger partial charge in [-0.05, 0) is 25.0 Å². The van der Waals surface area contributed by atoms with Gasteiger partial charge in [0.15, 0.2) is 17.4 Å². The predicted molar refractivity (Wildman–Crippen MR) is 121 cm³/mol. The third-order valence-corrected chi connectivity index (χ3v) is 6.44. The Balaban J connectivity index is 1.52. The van der Waals surface area contributed by atoms with E-state index in [1.807, 2.05) is 0 Å². The number of benzene rings is 1. The number of amidine groups is 2. The molecule has 1 atom stereocenters. The van der Waals surface area contributed by atoms with Crippen molar-refractivity contribution in [2.75, 3.05) is 39.4 Å². The number of methoxy groups -OCH3 is 2. The molecule has 168 valence electrons. The highest BCUT2D eigenvalue weighted by atomic mass is 32.2. The van der Waals surface area contributed by atoms with Crippen LogP contribution in [0.1, 0.15) is 12.8 Å². The number of rotatable bonds is 6. The molecule has 1 aliphatic carbocycles. The summed E-state index contributed by atoms with van der Waals surface area (Å²) in [6.45, 7) is 0. The number of carbonyl (C=O) groups is 3. The van der Waals surface area contributed by atoms with E-state index in [9.17, 15) is 14.4 Å². The molecule has 1 unspecified atom stereocenters. The van der Waals surface area contributed by atoms with Crippen LogP contribution in [0.15, 0.2) is 28.2 Å². The summed E-state index contributed by atoms with van der Waals surface area (Å²) in [6.07, 6.45) is 1.95. The standard InChI is InChI=1S/C21H23N5O5S/c1-25-18-16(20(28)26(2)21(25)29)19(24-17(23-18)11-5-6-11)32-10-15(27)22-12-7-8-13(30-3)14(9-12)31-4/h7-9,11,16H,5-6,10H2,1-4H3/p+1. The molecule has 0 radical (unpaired) electrons. The Kier molecular flexibility index (Phi) is 6.00. The molecule has 2 heterocycles. The molecule has 4 amide bonds. The number of carbonyl (C=O) groups excluding carboxylic acids is 3. The Morgan fingerprint density at radius 1 is 1.22 bits per heavy atom. The number of anilines is 1. The van der Waals surface area contributed by atoms with Crippen molar-refractivity contribution in [1.82, 2.24) is 4.90 Å². The fourth-order valence-electron chi connectivity index (χ4n) is 3.48. The summed E-state index contributed by atoms with van der Waals surface area (Å²) in [5.74, 6) is 0.892. The molecule has 1 aromatic rings. The molecular formula is C21H24N5O5S+. The predicted octanol–water partition coefficient (Wildman–Crippen LogP) is 1.85. The van der Waals surface area contributed by atoms with E-state index in [0.717, 1.165) is 17.7 Å². The number of hydrogen-bond acceptors (Lipinski definition) is 8. The number of thioether (sulfide) groups is 1. The summed E-state index contributed by atoms with van der Waals surface area (Å²) in [7, 11) is 6.09. The van der Waals surface area contributed by atoms with Crippen LogP contribution in [0.5, 0.6) is 11.5 Å². The number of hydrogen-bond donors (Lipinski definition) is 1. The second-order valence-corrected chi connectivity index (χ2v) is 8.63. The lowest BCUT2D eigenvalue weighted by molar-refractivity contribution is -0.407. The number of aliphatic imine (C=N–C) groups is 2. The highest BCUT2D eigenvalue weighted by molar-refractivity contribution is 8.14. The first kappa shape index (κ1) is 22.0. The van der Waals surface area contributed by atoms with Gasteiger partial charge < -0.3 is 14.8 Å². The Hall–Kier alpha value is -3.21. The number of imide groups is 1. The third-order valence-electron chi connectivity index (χ3n) is 5.41. The van der Waals surface area contributed by atoms with Crippen LogP contribution in [0.3, 0.4) is 0 Å². The zero-order chi connectivity index (χ0) is 23.0. The average Bonchev–Trinajstić information content (AvgIpc) is 3.64. The lowest BCUT2D eigenvalue weighted by Gasteiger charge is -2.26. The number of nitrogens with one attached hydrogen (secondary N) is 1. The molecule has 32 heavy (non-hydrogen) atoms. The van der Waals surface area contributed by atoms with Crippen molar-refractivity contribution in [3.63, 3.8) is 0 Å². The van der Waals surface area contributed by atoms with Gasteiger partial charge in [0, 0.05) is 17.7 Å². The van der Waals surface area contributed by atoms with Gasteiger partial charge in [-0.1, -0.05) is 16.8 Å². The van der Waals surface area contributed by atoms with Gasteiger partial charge in [0.25, 0.3) is 5.84 Å². The molecule has 3 aliphatic rings. The van der Waals surface area contributed by atoms with Crippen LogP contribution in [0, 0.1) is 11.8 Å². The first-order chi connectivity index (χ1) is 15.3. The van der Waals surface area contributed by atoms with Crippen LogP contribution in [-0.4, -0.2) is 78.1 Å². The molecule has 1 saturated carbocycles. The van der Waals surface area contributed by atoms with Crippen LogP contribution in [-0.2, 0) is 9.59 Å². The number of urea groups is 1. The van der Waals surface area contributed by atoms with Crippen LogP contribution in [0.4, 0.5) is 10.5 Å². The first-order valence-electron chi connectivity index (χ1n) is 10.1. The van der Waals surface area contributed by atoms with E-state index >= 15 is 0 Å². The normalized spacial score (nSPS) is 20.5. The molecule has 0 aromatic heterocycles. The van der Waals surface area contributed by atoms with Crippen LogP contribution >= 0.6 is 11.8 Å². The van der Waals surface area contributed by atoms with E-state index < -0.39 is 17.9 Å². The van der Waals surface area contributed by atoms with Crippen LogP contribution in [0.2, 0.25) is 0 Å². The highest BCUT2D eigenvalue weighted by Crippen LogP contribution is 2.35. The Bertz CT molecular complexity index is 1090. The lowest BCUT2D eigenvalue weighted by atomic mass is 10.0. The maximum Gasteiger partial charge on any atom is 0.445 e. The maximum atomic E-state index is 12.9. The molecule has 0 saturated heterocycles. The quantitative estimate of drug-likeness (QED) is 0.651. The van der Waals surface area contributed by atoms with Gasteiger partial charge in [0.1, 0.15) is 5.04 Å². The number of fused-ring (bicyclic) bond motifs is 1. The minimum Gasteiger partial charge on any atom is -0.493 e. The summed E-state index contributed by atoms with van der Waals surface area (Å²) in [5, 5.41) is 3.30. The molecule has 4 rings (SSSR count). The van der Waals surface area contributed by atoms with Crippen LogP contribution < -0.4 is 14.8 Å². The van der Waals surface area contributed by atoms with Gasteiger partial charge in [-0.3, -0.25) is 9.59 Å². The first-order valence-corrected chi connectivity index (χ1v) is 11.1. The van der Waals surface area contributed by atoms with Gasteiger partial charge >= 0.3 is 11.9 Å². The highest BCUT2D eigenvalue weighted by Gasteiger charge is 2.50. The van der Waals surface area contributed by atoms with Crippen molar-refractivity contribution in [3.05, 3.63) is 18.2 Å². The summed E-state index contributed by atoms with van der Waals surface area (Å²) >= 11 is 1.18. The summed E-state index contributed by atoms with van der Waals surface area (Å²) in [4.78, 5) is 48.0. The van der Waals surface area contributed by atoms with Gasteiger partial charge in [0.2, 0.25) is 11.7 Å². The van der Waals surface area contributed by atoms with Crippen LogP contribution in [0.25, 0.3) is 0 Å². The third kappa shape index (κ3) is 4.12. The summed E-state index contributed by atoms with van der Waals surface area (Å²) in [6, 6.07) is 4.66. The van der Waals surface area contributed by atoms with Gasteiger partial charge in [0.05, 0.1) is 34.1 Å². The van der Waals surface area contributed by atoms with E-state index in [0.29, 0.717) is 33.9 Å². The topological polar surface area (TPSA) is 113 Å². The van der Waals surface area contributed by atoms with Crippen molar-refractivity contribution >= 4 is 52.0 Å². The zero-order valence-electron chi connectivity index (χ0n) is 18.2. The molecule has 0 bridgehead atoms. The maximum absolute atomic E-state index is 12.9. The van der Waals surface area contributed by atoms with Crippen molar-refractivity contribution in [2.45, 2.75) is 12.8 Å². The minimum absolute atomic E-state index is 0.0452. The smallest absolute Gasteiger partial charge is 0.445 e. The monoisotopic (exact) mass is 458 g/mol. The van der Waals surface area contributed by atoms with E-state index in [-0.39, 0.29) is 17.6 Å². The number of ether oxygens (including phenoxy) is 2. The van der Waals surface area contributed by atoms with Gasteiger partial charge in [-0.15, -0.1) is 0 Å². The SMILES string of the molecule is COc1ccc(NC(=O)CSC2=NC(C3CC3)=NC3=[N+](C)C(=O)N(C)C(=O)C23)cc1OC. The number of amides is 4. The van der Waals surface area contributed by atoms with Crippen molar-refractivity contribution in [3.8, 4) is 11.5 Å². The Morgan fingerprint density at radius 3 is 2.59 bits per heavy atom. The lowest BCUT2D eigenvalue weighted by Crippen LogP contribution is -2.54. The Labute approximate surface area is 189 Å². The molecule has 1 fully saturated rings. The summed E-state index contributed by atoms with van der Waals surface area (Å²) < 4.78 is 11.9. The van der Waals surface area contributed by atoms with Crippen molar-refractivity contribution < 1.29 is 28.4 Å². The number of nitrogens with zero attached hydrogens (tertiary/aromatic N) is 4. The molecule has 11 heteroatoms. The fraction of sp³-hybridized carbons (Fsp3) is 0.429. The minimum atomic E-state index is -0.788. The zero-order valence-corrected chi connectivity index (χ0v) is 19.1. The largest absolute Gasteiger partial charge is 0.493 e. The second-order valence-electron chi connectivity index (χ2n) is 7.63. The summed E-state index contributed by atoms with van der Waals surface area (Å²) in [5.41, 5.74) is 0.560. The average molecular weight is 459 g/mol. The molecule has 0 spiro atoms. The fourth-order valence-corrected chi connectivity index (χ4v) is 4.36. The van der Waals surface area contributed by atoms with E-state index in [4.69, 9.17) is 9.47 Å². The van der Waals surface area contributed by atoms with Gasteiger partial charge in [-0.2, -0.15) is 9.48 Å². The van der Waals surface area contributed by atoms with E-state index in [2.05, 4.69) is 15.3 Å². The van der Waals surface area contributed by atoms with Crippen molar-refractivity contribution in [1.29, 1.82) is 0 Å². The molecule has 1 N–H and O–H groups in total. The molecule has 1 aromatic carbocycles. The van der Waals surface area contributed by atoms with E-state index in [1.165, 1.54) is 37.6 Å².